The van der Waals surface area contributed by atoms with E-state index < -0.39 is 11.9 Å². The molecule has 1 unspecified atom stereocenters. The second-order valence-electron chi connectivity index (χ2n) is 7.86. The molecule has 1 saturated heterocycles. The van der Waals surface area contributed by atoms with Gasteiger partial charge in [-0.2, -0.15) is 0 Å². The first kappa shape index (κ1) is 18.1. The molecule has 24 heavy (non-hydrogen) atoms. The number of ether oxygens (including phenoxy) is 3. The standard InChI is InChI=1S/C19H26O4Se/c1-18(2,3)21-11-13-15-16(23-19(4,5)22-15)14(20)17(13)24-12-9-7-6-8-10-12/h6-10,13,15-17H,11H2,1-5H3/t13-,15-,16+,17?/m0/s1. The van der Waals surface area contributed by atoms with Crippen molar-refractivity contribution in [3.05, 3.63) is 30.3 Å². The number of carbonyl (C=O) groups excluding carboxylic acids is 1. The SMILES string of the molecule is CC(C)(C)OC[C@@H]1C([Se]c2ccccc2)C(=O)[C@H]2OC(C)(C)O[C@H]21. The Labute approximate surface area is 150 Å². The van der Waals surface area contributed by atoms with Crippen LogP contribution in [0, 0.1) is 5.92 Å². The van der Waals surface area contributed by atoms with Crippen LogP contribution in [-0.2, 0) is 19.0 Å². The van der Waals surface area contributed by atoms with Crippen molar-refractivity contribution < 1.29 is 19.0 Å². The molecule has 1 saturated carbocycles. The van der Waals surface area contributed by atoms with E-state index in [4.69, 9.17) is 14.2 Å². The Morgan fingerprint density at radius 1 is 1.17 bits per heavy atom. The van der Waals surface area contributed by atoms with Crippen LogP contribution in [0.15, 0.2) is 30.3 Å². The summed E-state index contributed by atoms with van der Waals surface area (Å²) in [5, 5.41) is 0. The van der Waals surface area contributed by atoms with E-state index in [0.29, 0.717) is 6.61 Å². The van der Waals surface area contributed by atoms with E-state index in [2.05, 4.69) is 12.1 Å². The summed E-state index contributed by atoms with van der Waals surface area (Å²) >= 11 is 0.0471. The molecular formula is C19H26O4Se. The number of benzene rings is 1. The van der Waals surface area contributed by atoms with Gasteiger partial charge < -0.3 is 0 Å². The molecule has 0 radical (unpaired) electrons. The van der Waals surface area contributed by atoms with Gasteiger partial charge in [-0.1, -0.05) is 0 Å². The van der Waals surface area contributed by atoms with Gasteiger partial charge >= 0.3 is 150 Å². The van der Waals surface area contributed by atoms with Crippen LogP contribution in [0.3, 0.4) is 0 Å². The van der Waals surface area contributed by atoms with Crippen molar-refractivity contribution in [1.82, 2.24) is 0 Å². The minimum atomic E-state index is -0.699. The Hall–Kier alpha value is -0.711. The van der Waals surface area contributed by atoms with E-state index in [-0.39, 0.29) is 43.2 Å². The summed E-state index contributed by atoms with van der Waals surface area (Å²) in [4.78, 5) is 12.9. The normalized spacial score (nSPS) is 32.1. The zero-order valence-electron chi connectivity index (χ0n) is 14.9. The second kappa shape index (κ2) is 6.54. The van der Waals surface area contributed by atoms with Gasteiger partial charge in [0.25, 0.3) is 0 Å². The average Bonchev–Trinajstić information content (AvgIpc) is 2.91. The number of hydrogen-bond donors (Lipinski definition) is 0. The predicted octanol–water partition coefficient (Wildman–Crippen LogP) is 2.34. The molecule has 4 nitrogen and oxygen atoms in total. The summed E-state index contributed by atoms with van der Waals surface area (Å²) < 4.78 is 19.2. The number of carbonyl (C=O) groups is 1. The topological polar surface area (TPSA) is 44.8 Å². The van der Waals surface area contributed by atoms with Crippen molar-refractivity contribution in [2.45, 2.75) is 63.0 Å². The molecule has 3 rings (SSSR count). The summed E-state index contributed by atoms with van der Waals surface area (Å²) in [5.41, 5.74) is -0.236. The quantitative estimate of drug-likeness (QED) is 0.732. The van der Waals surface area contributed by atoms with Crippen LogP contribution in [0.5, 0.6) is 0 Å². The summed E-state index contributed by atoms with van der Waals surface area (Å²) in [6.45, 7) is 10.4. The van der Waals surface area contributed by atoms with Gasteiger partial charge in [0.1, 0.15) is 0 Å². The molecule has 1 aliphatic carbocycles. The average molecular weight is 397 g/mol. The molecule has 0 aromatic heterocycles. The molecule has 5 heteroatoms. The number of rotatable bonds is 4. The van der Waals surface area contributed by atoms with E-state index in [1.54, 1.807) is 0 Å². The number of fused-ring (bicyclic) bond motifs is 1. The molecule has 0 spiro atoms. The predicted molar refractivity (Wildman–Crippen MR) is 93.6 cm³/mol. The maximum atomic E-state index is 13.0. The molecule has 2 fully saturated rings. The Kier molecular flexibility index (Phi) is 4.93. The molecule has 0 amide bonds. The van der Waals surface area contributed by atoms with Crippen molar-refractivity contribution in [2.75, 3.05) is 6.61 Å². The second-order valence-corrected chi connectivity index (χ2v) is 10.4. The summed E-state index contributed by atoms with van der Waals surface area (Å²) in [6, 6.07) is 10.2. The van der Waals surface area contributed by atoms with E-state index in [1.807, 2.05) is 52.8 Å². The molecule has 132 valence electrons. The maximum absolute atomic E-state index is 13.0. The van der Waals surface area contributed by atoms with Gasteiger partial charge in [0.2, 0.25) is 0 Å². The Morgan fingerprint density at radius 3 is 2.46 bits per heavy atom. The Bertz CT molecular complexity index is 593. The van der Waals surface area contributed by atoms with Crippen LogP contribution in [0.1, 0.15) is 34.6 Å². The summed E-state index contributed by atoms with van der Waals surface area (Å²) in [7, 11) is 0. The third-order valence-corrected chi connectivity index (χ3v) is 7.11. The fourth-order valence-corrected chi connectivity index (χ4v) is 5.84. The van der Waals surface area contributed by atoms with Gasteiger partial charge in [-0.15, -0.1) is 0 Å². The van der Waals surface area contributed by atoms with Crippen LogP contribution < -0.4 is 4.46 Å². The molecule has 0 N–H and O–H groups in total. The van der Waals surface area contributed by atoms with E-state index in [0.717, 1.165) is 0 Å². The molecule has 1 aromatic rings. The molecule has 4 atom stereocenters. The number of ketones is 1. The first-order valence-electron chi connectivity index (χ1n) is 8.41. The van der Waals surface area contributed by atoms with E-state index >= 15 is 0 Å². The van der Waals surface area contributed by atoms with Gasteiger partial charge in [-0.3, -0.25) is 0 Å². The van der Waals surface area contributed by atoms with Crippen LogP contribution in [0.25, 0.3) is 0 Å². The van der Waals surface area contributed by atoms with Crippen molar-refractivity contribution in [3.63, 3.8) is 0 Å². The first-order valence-corrected chi connectivity index (χ1v) is 10.3. The van der Waals surface area contributed by atoms with Gasteiger partial charge in [0.15, 0.2) is 0 Å². The molecule has 2 aliphatic rings. The zero-order valence-corrected chi connectivity index (χ0v) is 16.7. The molecule has 1 heterocycles. The fraction of sp³-hybridized carbons (Fsp3) is 0.632. The van der Waals surface area contributed by atoms with Gasteiger partial charge in [-0.05, 0) is 0 Å². The summed E-state index contributed by atoms with van der Waals surface area (Å²) in [6.07, 6.45) is -0.658. The summed E-state index contributed by atoms with van der Waals surface area (Å²) in [5.74, 6) is -0.476. The van der Waals surface area contributed by atoms with Crippen molar-refractivity contribution in [3.8, 4) is 0 Å². The van der Waals surface area contributed by atoms with Gasteiger partial charge in [0.05, 0.1) is 0 Å². The molecular weight excluding hydrogens is 371 g/mol. The third kappa shape index (κ3) is 3.92. The Morgan fingerprint density at radius 2 is 1.83 bits per heavy atom. The van der Waals surface area contributed by atoms with Crippen LogP contribution in [0.4, 0.5) is 0 Å². The van der Waals surface area contributed by atoms with Crippen LogP contribution >= 0.6 is 0 Å². The number of Topliss-reactive ketones (excluding diaryl/α,β-unsaturated/α-hetero) is 1. The fourth-order valence-electron chi connectivity index (χ4n) is 3.19. The van der Waals surface area contributed by atoms with Crippen molar-refractivity contribution >= 4 is 25.2 Å². The van der Waals surface area contributed by atoms with E-state index in [9.17, 15) is 4.79 Å². The van der Waals surface area contributed by atoms with Gasteiger partial charge in [-0.25, -0.2) is 0 Å². The van der Waals surface area contributed by atoms with Crippen LogP contribution in [-0.4, -0.2) is 50.9 Å². The van der Waals surface area contributed by atoms with Crippen LogP contribution in [0.2, 0.25) is 4.82 Å². The van der Waals surface area contributed by atoms with Crippen molar-refractivity contribution in [2.24, 2.45) is 5.92 Å². The minimum absolute atomic E-state index is 0.0451. The van der Waals surface area contributed by atoms with E-state index in [1.165, 1.54) is 4.46 Å². The molecule has 0 bridgehead atoms. The number of hydrogen-bond acceptors (Lipinski definition) is 4. The van der Waals surface area contributed by atoms with Crippen molar-refractivity contribution in [1.29, 1.82) is 0 Å². The zero-order chi connectivity index (χ0) is 17.5. The third-order valence-electron chi connectivity index (χ3n) is 4.22. The first-order chi connectivity index (χ1) is 11.2. The monoisotopic (exact) mass is 398 g/mol. The molecule has 1 aliphatic heterocycles. The molecule has 1 aromatic carbocycles. The van der Waals surface area contributed by atoms with Gasteiger partial charge in [0, 0.05) is 0 Å². The Balaban J connectivity index is 1.81.